The van der Waals surface area contributed by atoms with Crippen molar-refractivity contribution in [2.45, 2.75) is 19.3 Å². The molecule has 0 radical (unpaired) electrons. The van der Waals surface area contributed by atoms with Crippen molar-refractivity contribution in [1.29, 1.82) is 0 Å². The van der Waals surface area contributed by atoms with E-state index in [-0.39, 0.29) is 5.91 Å². The third kappa shape index (κ3) is 2.24. The highest BCUT2D eigenvalue weighted by atomic mass is 32.1. The average Bonchev–Trinajstić information content (AvgIpc) is 2.98. The summed E-state index contributed by atoms with van der Waals surface area (Å²) in [4.78, 5) is 16.3. The Bertz CT molecular complexity index is 594. The first-order valence-electron chi connectivity index (χ1n) is 6.40. The first-order valence-corrected chi connectivity index (χ1v) is 7.22. The number of rotatable bonds is 2. The lowest BCUT2D eigenvalue weighted by Gasteiger charge is -2.16. The molecular formula is C15H16N2OS. The van der Waals surface area contributed by atoms with Crippen LogP contribution in [0, 0.1) is 0 Å². The molecule has 1 aliphatic carbocycles. The van der Waals surface area contributed by atoms with E-state index in [0.29, 0.717) is 5.69 Å². The van der Waals surface area contributed by atoms with E-state index in [9.17, 15) is 4.79 Å². The number of carbonyl (C=O) groups excluding carboxylic acids is 1. The summed E-state index contributed by atoms with van der Waals surface area (Å²) < 4.78 is 0. The van der Waals surface area contributed by atoms with Crippen molar-refractivity contribution in [2.24, 2.45) is 0 Å². The number of benzene rings is 1. The third-order valence-electron chi connectivity index (χ3n) is 3.54. The van der Waals surface area contributed by atoms with Gasteiger partial charge >= 0.3 is 0 Å². The molecule has 1 heterocycles. The minimum Gasteiger partial charge on any atom is -0.399 e. The van der Waals surface area contributed by atoms with Gasteiger partial charge in [-0.05, 0) is 55.2 Å². The second-order valence-electron chi connectivity index (χ2n) is 4.87. The maximum absolute atomic E-state index is 12.4. The van der Waals surface area contributed by atoms with Gasteiger partial charge in [0, 0.05) is 23.3 Å². The number of amides is 1. The van der Waals surface area contributed by atoms with E-state index in [1.54, 1.807) is 23.3 Å². The van der Waals surface area contributed by atoms with Gasteiger partial charge < -0.3 is 10.6 Å². The van der Waals surface area contributed by atoms with E-state index in [1.807, 2.05) is 24.3 Å². The molecular weight excluding hydrogens is 256 g/mol. The van der Waals surface area contributed by atoms with Gasteiger partial charge in [0.2, 0.25) is 0 Å². The number of hydrogen-bond donors (Lipinski definition) is 1. The van der Waals surface area contributed by atoms with Crippen molar-refractivity contribution in [3.8, 4) is 0 Å². The van der Waals surface area contributed by atoms with Gasteiger partial charge in [0.25, 0.3) is 5.91 Å². The van der Waals surface area contributed by atoms with Gasteiger partial charge in [0.15, 0.2) is 0 Å². The van der Waals surface area contributed by atoms with Crippen molar-refractivity contribution in [2.75, 3.05) is 17.7 Å². The van der Waals surface area contributed by atoms with Crippen molar-refractivity contribution >= 4 is 28.6 Å². The van der Waals surface area contributed by atoms with Crippen LogP contribution in [0.1, 0.15) is 26.5 Å². The smallest absolute Gasteiger partial charge is 0.268 e. The van der Waals surface area contributed by atoms with Crippen LogP contribution in [0.3, 0.4) is 0 Å². The normalized spacial score (nSPS) is 13.3. The highest BCUT2D eigenvalue weighted by molar-refractivity contribution is 7.14. The van der Waals surface area contributed by atoms with E-state index in [4.69, 9.17) is 5.73 Å². The quantitative estimate of drug-likeness (QED) is 0.854. The lowest BCUT2D eigenvalue weighted by molar-refractivity contribution is 0.0997. The SMILES string of the molecule is CN(C(=O)c1cc2c(s1)CCC2)c1ccc(N)cc1. The number of aryl methyl sites for hydroxylation is 2. The Morgan fingerprint density at radius 2 is 2.00 bits per heavy atom. The molecule has 0 atom stereocenters. The molecule has 19 heavy (non-hydrogen) atoms. The highest BCUT2D eigenvalue weighted by Crippen LogP contribution is 2.31. The van der Waals surface area contributed by atoms with Gasteiger partial charge in [-0.15, -0.1) is 11.3 Å². The third-order valence-corrected chi connectivity index (χ3v) is 4.77. The van der Waals surface area contributed by atoms with Crippen molar-refractivity contribution in [3.63, 3.8) is 0 Å². The largest absolute Gasteiger partial charge is 0.399 e. The molecule has 3 nitrogen and oxygen atoms in total. The fourth-order valence-corrected chi connectivity index (χ4v) is 3.64. The Kier molecular flexibility index (Phi) is 3.03. The Balaban J connectivity index is 1.84. The van der Waals surface area contributed by atoms with Crippen LogP contribution in [0.4, 0.5) is 11.4 Å². The van der Waals surface area contributed by atoms with Crippen molar-refractivity contribution in [1.82, 2.24) is 0 Å². The van der Waals surface area contributed by atoms with E-state index in [0.717, 1.165) is 23.4 Å². The monoisotopic (exact) mass is 272 g/mol. The van der Waals surface area contributed by atoms with Crippen LogP contribution in [-0.4, -0.2) is 13.0 Å². The molecule has 2 N–H and O–H groups in total. The molecule has 1 aromatic heterocycles. The molecule has 0 bridgehead atoms. The van der Waals surface area contributed by atoms with Crippen LogP contribution in [-0.2, 0) is 12.8 Å². The summed E-state index contributed by atoms with van der Waals surface area (Å²) in [5, 5.41) is 0. The molecule has 3 rings (SSSR count). The maximum Gasteiger partial charge on any atom is 0.268 e. The zero-order chi connectivity index (χ0) is 13.4. The van der Waals surface area contributed by atoms with Crippen molar-refractivity contribution in [3.05, 3.63) is 45.6 Å². The molecule has 0 unspecified atom stereocenters. The molecule has 0 saturated heterocycles. The van der Waals surface area contributed by atoms with Gasteiger partial charge in [-0.1, -0.05) is 0 Å². The average molecular weight is 272 g/mol. The molecule has 0 spiro atoms. The first kappa shape index (κ1) is 12.2. The lowest BCUT2D eigenvalue weighted by Crippen LogP contribution is -2.25. The van der Waals surface area contributed by atoms with Gasteiger partial charge in [-0.2, -0.15) is 0 Å². The summed E-state index contributed by atoms with van der Waals surface area (Å²) in [7, 11) is 1.80. The second kappa shape index (κ2) is 4.70. The Morgan fingerprint density at radius 3 is 2.68 bits per heavy atom. The van der Waals surface area contributed by atoms with Crippen LogP contribution in [0.25, 0.3) is 0 Å². The predicted octanol–water partition coefficient (Wildman–Crippen LogP) is 3.10. The summed E-state index contributed by atoms with van der Waals surface area (Å²) in [5.74, 6) is 0.0594. The van der Waals surface area contributed by atoms with Gasteiger partial charge in [-0.25, -0.2) is 0 Å². The zero-order valence-corrected chi connectivity index (χ0v) is 11.7. The number of nitrogens with two attached hydrogens (primary N) is 1. The van der Waals surface area contributed by atoms with Gasteiger partial charge in [0.05, 0.1) is 4.88 Å². The highest BCUT2D eigenvalue weighted by Gasteiger charge is 2.21. The number of nitrogens with zero attached hydrogens (tertiary/aromatic N) is 1. The molecule has 2 aromatic rings. The van der Waals surface area contributed by atoms with E-state index >= 15 is 0 Å². The molecule has 1 aromatic carbocycles. The maximum atomic E-state index is 12.4. The molecule has 0 aliphatic heterocycles. The molecule has 1 aliphatic rings. The topological polar surface area (TPSA) is 46.3 Å². The number of hydrogen-bond acceptors (Lipinski definition) is 3. The minimum atomic E-state index is 0.0594. The fourth-order valence-electron chi connectivity index (χ4n) is 2.41. The molecule has 1 amide bonds. The summed E-state index contributed by atoms with van der Waals surface area (Å²) >= 11 is 1.64. The second-order valence-corrected chi connectivity index (χ2v) is 6.01. The minimum absolute atomic E-state index is 0.0594. The Labute approximate surface area is 116 Å². The number of anilines is 2. The molecule has 0 saturated carbocycles. The number of fused-ring (bicyclic) bond motifs is 1. The van der Waals surface area contributed by atoms with Gasteiger partial charge in [0.1, 0.15) is 0 Å². The van der Waals surface area contributed by atoms with Crippen LogP contribution in [0.5, 0.6) is 0 Å². The van der Waals surface area contributed by atoms with Crippen LogP contribution >= 0.6 is 11.3 Å². The summed E-state index contributed by atoms with van der Waals surface area (Å²) in [6, 6.07) is 9.42. The van der Waals surface area contributed by atoms with Crippen molar-refractivity contribution < 1.29 is 4.79 Å². The van der Waals surface area contributed by atoms with Crippen LogP contribution in [0.15, 0.2) is 30.3 Å². The summed E-state index contributed by atoms with van der Waals surface area (Å²) in [6.07, 6.45) is 3.47. The lowest BCUT2D eigenvalue weighted by atomic mass is 10.2. The molecule has 0 fully saturated rings. The summed E-state index contributed by atoms with van der Waals surface area (Å²) in [6.45, 7) is 0. The standard InChI is InChI=1S/C15H16N2OS/c1-17(12-7-5-11(16)6-8-12)15(18)14-9-10-3-2-4-13(10)19-14/h5-9H,2-4,16H2,1H3. The Morgan fingerprint density at radius 1 is 1.26 bits per heavy atom. The van der Waals surface area contributed by atoms with Crippen LogP contribution in [0.2, 0.25) is 0 Å². The summed E-state index contributed by atoms with van der Waals surface area (Å²) in [5.41, 5.74) is 8.60. The first-order chi connectivity index (χ1) is 9.15. The number of carbonyl (C=O) groups is 1. The zero-order valence-electron chi connectivity index (χ0n) is 10.8. The van der Waals surface area contributed by atoms with E-state index < -0.39 is 0 Å². The fraction of sp³-hybridized carbons (Fsp3) is 0.267. The predicted molar refractivity (Wildman–Crippen MR) is 79.9 cm³/mol. The van der Waals surface area contributed by atoms with E-state index in [2.05, 4.69) is 6.07 Å². The molecule has 4 heteroatoms. The van der Waals surface area contributed by atoms with Crippen LogP contribution < -0.4 is 10.6 Å². The van der Waals surface area contributed by atoms with E-state index in [1.165, 1.54) is 16.9 Å². The number of nitrogen functional groups attached to an aromatic ring is 1. The van der Waals surface area contributed by atoms with Gasteiger partial charge in [-0.3, -0.25) is 4.79 Å². The molecule has 98 valence electrons. The number of thiophene rings is 1. The Hall–Kier alpha value is -1.81.